The van der Waals surface area contributed by atoms with Gasteiger partial charge in [-0.05, 0) is 23.6 Å². The first-order valence-electron chi connectivity index (χ1n) is 5.03. The van der Waals surface area contributed by atoms with Crippen LogP contribution >= 0.6 is 11.6 Å². The summed E-state index contributed by atoms with van der Waals surface area (Å²) in [7, 11) is 1.36. The highest BCUT2D eigenvalue weighted by atomic mass is 35.5. The van der Waals surface area contributed by atoms with Crippen molar-refractivity contribution in [3.63, 3.8) is 0 Å². The lowest BCUT2D eigenvalue weighted by Gasteiger charge is -2.18. The van der Waals surface area contributed by atoms with E-state index >= 15 is 0 Å². The highest BCUT2D eigenvalue weighted by molar-refractivity contribution is 6.28. The number of hydrogen-bond donors (Lipinski definition) is 2. The highest BCUT2D eigenvalue weighted by Crippen LogP contribution is 2.26. The Kier molecular flexibility index (Phi) is 5.60. The van der Waals surface area contributed by atoms with Crippen LogP contribution in [-0.4, -0.2) is 39.9 Å². The van der Waals surface area contributed by atoms with Gasteiger partial charge in [0.05, 0.1) is 18.8 Å². The Labute approximate surface area is 108 Å². The van der Waals surface area contributed by atoms with Crippen molar-refractivity contribution in [3.8, 4) is 5.88 Å². The molecule has 1 aromatic rings. The number of ether oxygens (including phenoxy) is 1. The zero-order valence-corrected chi connectivity index (χ0v) is 10.3. The molecule has 2 atom stereocenters. The van der Waals surface area contributed by atoms with Crippen molar-refractivity contribution in [1.29, 1.82) is 0 Å². The van der Waals surface area contributed by atoms with E-state index in [1.54, 1.807) is 0 Å². The molecule has 0 amide bonds. The van der Waals surface area contributed by atoms with Crippen LogP contribution in [0.3, 0.4) is 0 Å². The van der Waals surface area contributed by atoms with E-state index in [1.165, 1.54) is 13.3 Å². The molecular formula is C9H12ClN5O3. The fraction of sp³-hybridized carbons (Fsp3) is 0.556. The number of rotatable bonds is 6. The normalized spacial score (nSPS) is 13.6. The lowest BCUT2D eigenvalue weighted by Crippen LogP contribution is -2.20. The van der Waals surface area contributed by atoms with Gasteiger partial charge in [0.25, 0.3) is 0 Å². The molecule has 0 bridgehead atoms. The third-order valence-electron chi connectivity index (χ3n) is 2.22. The van der Waals surface area contributed by atoms with Gasteiger partial charge in [0.2, 0.25) is 11.2 Å². The minimum absolute atomic E-state index is 0.0219. The summed E-state index contributed by atoms with van der Waals surface area (Å²) in [6.07, 6.45) is -0.979. The molecule has 9 heteroatoms. The Morgan fingerprint density at radius 1 is 1.61 bits per heavy atom. The smallest absolute Gasteiger partial charge is 0.225 e. The monoisotopic (exact) mass is 273 g/mol. The summed E-state index contributed by atoms with van der Waals surface area (Å²) in [6.45, 7) is 0.0749. The summed E-state index contributed by atoms with van der Waals surface area (Å²) in [5.41, 5.74) is 8.32. The summed E-state index contributed by atoms with van der Waals surface area (Å²) >= 11 is 5.58. The van der Waals surface area contributed by atoms with Crippen molar-refractivity contribution in [2.24, 2.45) is 5.11 Å². The van der Waals surface area contributed by atoms with Crippen LogP contribution in [-0.2, 0) is 0 Å². The molecule has 0 aliphatic heterocycles. The molecule has 18 heavy (non-hydrogen) atoms. The number of azide groups is 1. The number of halogens is 1. The minimum Gasteiger partial charge on any atom is -0.481 e. The summed E-state index contributed by atoms with van der Waals surface area (Å²) in [6, 6.07) is 0. The van der Waals surface area contributed by atoms with E-state index in [9.17, 15) is 10.2 Å². The van der Waals surface area contributed by atoms with Crippen molar-refractivity contribution in [2.75, 3.05) is 13.7 Å². The van der Waals surface area contributed by atoms with Gasteiger partial charge in [0.1, 0.15) is 6.10 Å². The molecule has 0 radical (unpaired) electrons. The summed E-state index contributed by atoms with van der Waals surface area (Å²) in [5.74, 6) is 0.0883. The lowest BCUT2D eigenvalue weighted by atomic mass is 10.0. The maximum absolute atomic E-state index is 9.90. The Morgan fingerprint density at radius 2 is 2.33 bits per heavy atom. The van der Waals surface area contributed by atoms with Crippen molar-refractivity contribution >= 4 is 11.6 Å². The van der Waals surface area contributed by atoms with Crippen LogP contribution in [0.15, 0.2) is 11.3 Å². The predicted octanol–water partition coefficient (Wildman–Crippen LogP) is 1.23. The molecule has 2 N–H and O–H groups in total. The quantitative estimate of drug-likeness (QED) is 0.349. The maximum atomic E-state index is 9.90. The minimum atomic E-state index is -1.24. The zero-order chi connectivity index (χ0) is 13.5. The molecule has 2 unspecified atom stereocenters. The van der Waals surface area contributed by atoms with Crippen molar-refractivity contribution in [2.45, 2.75) is 18.6 Å². The standard InChI is InChI=1S/C9H12ClN5O3/c1-18-8-5(4-12-9(10)14-8)7(17)6(16)2-3-13-15-11/h4,6-7,16-17H,2-3H2,1H3. The first-order chi connectivity index (χ1) is 8.60. The van der Waals surface area contributed by atoms with Crippen LogP contribution < -0.4 is 4.74 Å². The van der Waals surface area contributed by atoms with Crippen molar-refractivity contribution in [1.82, 2.24) is 9.97 Å². The predicted molar refractivity (Wildman–Crippen MR) is 63.2 cm³/mol. The lowest BCUT2D eigenvalue weighted by molar-refractivity contribution is 0.0131. The maximum Gasteiger partial charge on any atom is 0.225 e. The number of nitrogens with zero attached hydrogens (tertiary/aromatic N) is 5. The van der Waals surface area contributed by atoms with E-state index in [0.29, 0.717) is 0 Å². The fourth-order valence-corrected chi connectivity index (χ4v) is 1.45. The summed E-state index contributed by atoms with van der Waals surface area (Å²) in [5, 5.41) is 22.9. The van der Waals surface area contributed by atoms with Crippen LogP contribution in [0, 0.1) is 0 Å². The molecule has 0 fully saturated rings. The molecule has 0 saturated carbocycles. The third kappa shape index (κ3) is 3.71. The van der Waals surface area contributed by atoms with Gasteiger partial charge in [-0.25, -0.2) is 4.98 Å². The van der Waals surface area contributed by atoms with Crippen LogP contribution in [0.5, 0.6) is 5.88 Å². The molecule has 8 nitrogen and oxygen atoms in total. The average molecular weight is 274 g/mol. The molecule has 0 aliphatic rings. The second-order valence-electron chi connectivity index (χ2n) is 3.36. The molecular weight excluding hydrogens is 262 g/mol. The Morgan fingerprint density at radius 3 is 2.94 bits per heavy atom. The SMILES string of the molecule is COc1nc(Cl)ncc1C(O)C(O)CCN=[N+]=[N-]. The second-order valence-corrected chi connectivity index (χ2v) is 3.70. The van der Waals surface area contributed by atoms with Crippen molar-refractivity contribution in [3.05, 3.63) is 27.5 Å². The number of aromatic nitrogens is 2. The summed E-state index contributed by atoms with van der Waals surface area (Å²) in [4.78, 5) is 10.0. The molecule has 0 saturated heterocycles. The number of aliphatic hydroxyl groups is 2. The number of hydrogen-bond acceptors (Lipinski definition) is 6. The van der Waals surface area contributed by atoms with Crippen LogP contribution in [0.4, 0.5) is 0 Å². The Bertz CT molecular complexity index is 452. The van der Waals surface area contributed by atoms with Gasteiger partial charge in [-0.1, -0.05) is 5.11 Å². The zero-order valence-electron chi connectivity index (χ0n) is 9.56. The van der Waals surface area contributed by atoms with Crippen LogP contribution in [0.25, 0.3) is 10.4 Å². The fourth-order valence-electron chi connectivity index (χ4n) is 1.32. The third-order valence-corrected chi connectivity index (χ3v) is 2.40. The molecule has 98 valence electrons. The number of aliphatic hydroxyl groups excluding tert-OH is 2. The topological polar surface area (TPSA) is 124 Å². The molecule has 1 rings (SSSR count). The largest absolute Gasteiger partial charge is 0.481 e. The molecule has 0 spiro atoms. The first kappa shape index (κ1) is 14.5. The molecule has 1 aromatic heterocycles. The van der Waals surface area contributed by atoms with E-state index in [1.807, 2.05) is 0 Å². The molecule has 0 aliphatic carbocycles. The van der Waals surface area contributed by atoms with E-state index < -0.39 is 12.2 Å². The van der Waals surface area contributed by atoms with Gasteiger partial charge in [0.15, 0.2) is 0 Å². The Balaban J connectivity index is 2.82. The van der Waals surface area contributed by atoms with Crippen molar-refractivity contribution < 1.29 is 14.9 Å². The average Bonchev–Trinajstić information content (AvgIpc) is 2.37. The van der Waals surface area contributed by atoms with Crippen LogP contribution in [0.2, 0.25) is 5.28 Å². The van der Waals surface area contributed by atoms with E-state index in [4.69, 9.17) is 21.9 Å². The second kappa shape index (κ2) is 6.97. The molecule has 0 aromatic carbocycles. The van der Waals surface area contributed by atoms with E-state index in [2.05, 4.69) is 20.0 Å². The van der Waals surface area contributed by atoms with Gasteiger partial charge >= 0.3 is 0 Å². The van der Waals surface area contributed by atoms with E-state index in [0.717, 1.165) is 0 Å². The number of methoxy groups -OCH3 is 1. The molecule has 1 heterocycles. The highest BCUT2D eigenvalue weighted by Gasteiger charge is 2.23. The van der Waals surface area contributed by atoms with Gasteiger partial charge in [-0.2, -0.15) is 4.98 Å². The van der Waals surface area contributed by atoms with Gasteiger partial charge in [-0.15, -0.1) is 0 Å². The first-order valence-corrected chi connectivity index (χ1v) is 5.41. The van der Waals surface area contributed by atoms with Crippen LogP contribution in [0.1, 0.15) is 18.1 Å². The van der Waals surface area contributed by atoms with E-state index in [-0.39, 0.29) is 29.7 Å². The van der Waals surface area contributed by atoms with Gasteiger partial charge in [0, 0.05) is 17.7 Å². The Hall–Kier alpha value is -1.60. The van der Waals surface area contributed by atoms with Gasteiger partial charge < -0.3 is 14.9 Å². The summed E-state index contributed by atoms with van der Waals surface area (Å²) < 4.78 is 4.93. The van der Waals surface area contributed by atoms with Gasteiger partial charge in [-0.3, -0.25) is 0 Å².